The van der Waals surface area contributed by atoms with Crippen molar-refractivity contribution in [1.29, 1.82) is 0 Å². The Labute approximate surface area is 88.8 Å². The zero-order chi connectivity index (χ0) is 10.8. The molecule has 0 heterocycles. The lowest BCUT2D eigenvalue weighted by atomic mass is 10.3. The first kappa shape index (κ1) is 13.9. The van der Waals surface area contributed by atoms with E-state index in [1.165, 1.54) is 0 Å². The number of hydrogen-bond donors (Lipinski definition) is 1. The molecule has 86 valence electrons. The molecule has 14 heavy (non-hydrogen) atoms. The van der Waals surface area contributed by atoms with Crippen LogP contribution in [0.5, 0.6) is 0 Å². The molecule has 3 nitrogen and oxygen atoms in total. The van der Waals surface area contributed by atoms with Crippen LogP contribution in [0, 0.1) is 0 Å². The van der Waals surface area contributed by atoms with Crippen LogP contribution in [0.1, 0.15) is 27.2 Å². The summed E-state index contributed by atoms with van der Waals surface area (Å²) in [5, 5.41) is 3.41. The van der Waals surface area contributed by atoms with E-state index in [0.717, 1.165) is 39.3 Å². The van der Waals surface area contributed by atoms with E-state index in [4.69, 9.17) is 4.74 Å². The van der Waals surface area contributed by atoms with Crippen molar-refractivity contribution in [3.8, 4) is 0 Å². The summed E-state index contributed by atoms with van der Waals surface area (Å²) in [6.45, 7) is 11.4. The Balaban J connectivity index is 3.06. The molecular weight excluding hydrogens is 176 g/mol. The van der Waals surface area contributed by atoms with E-state index in [9.17, 15) is 0 Å². The monoisotopic (exact) mass is 202 g/mol. The van der Waals surface area contributed by atoms with Gasteiger partial charge >= 0.3 is 0 Å². The topological polar surface area (TPSA) is 24.5 Å². The average Bonchev–Trinajstić information content (AvgIpc) is 2.16. The molecule has 0 radical (unpaired) electrons. The van der Waals surface area contributed by atoms with E-state index in [2.05, 4.69) is 31.1 Å². The fourth-order valence-corrected chi connectivity index (χ4v) is 1.08. The summed E-state index contributed by atoms with van der Waals surface area (Å²) < 4.78 is 5.25. The van der Waals surface area contributed by atoms with E-state index in [0.29, 0.717) is 6.04 Å². The lowest BCUT2D eigenvalue weighted by Crippen LogP contribution is -2.34. The summed E-state index contributed by atoms with van der Waals surface area (Å²) >= 11 is 0. The molecule has 0 spiro atoms. The molecule has 0 aromatic rings. The van der Waals surface area contributed by atoms with Crippen LogP contribution in [0.2, 0.25) is 0 Å². The maximum Gasteiger partial charge on any atom is 0.0477 e. The molecule has 0 saturated heterocycles. The predicted molar refractivity (Wildman–Crippen MR) is 61.7 cm³/mol. The Morgan fingerprint density at radius 3 is 2.57 bits per heavy atom. The number of rotatable bonds is 9. The predicted octanol–water partition coefficient (Wildman–Crippen LogP) is 1.34. The molecule has 0 aliphatic carbocycles. The summed E-state index contributed by atoms with van der Waals surface area (Å²) in [5.74, 6) is 0. The van der Waals surface area contributed by atoms with Crippen molar-refractivity contribution in [2.45, 2.75) is 33.2 Å². The number of nitrogens with zero attached hydrogens (tertiary/aromatic N) is 1. The molecule has 0 atom stereocenters. The van der Waals surface area contributed by atoms with E-state index in [1.807, 2.05) is 6.92 Å². The van der Waals surface area contributed by atoms with Gasteiger partial charge in [-0.15, -0.1) is 0 Å². The Morgan fingerprint density at radius 1 is 1.29 bits per heavy atom. The molecule has 0 aliphatic heterocycles. The van der Waals surface area contributed by atoms with E-state index >= 15 is 0 Å². The minimum atomic E-state index is 0.639. The summed E-state index contributed by atoms with van der Waals surface area (Å²) in [5.41, 5.74) is 0. The van der Waals surface area contributed by atoms with Gasteiger partial charge in [-0.05, 0) is 40.8 Å². The van der Waals surface area contributed by atoms with Gasteiger partial charge in [0.05, 0.1) is 0 Å². The first-order chi connectivity index (χ1) is 6.68. The molecule has 0 unspecified atom stereocenters. The molecular formula is C11H26N2O. The average molecular weight is 202 g/mol. The van der Waals surface area contributed by atoms with Gasteiger partial charge in [0.25, 0.3) is 0 Å². The maximum atomic E-state index is 5.25. The van der Waals surface area contributed by atoms with Gasteiger partial charge in [0.2, 0.25) is 0 Å². The van der Waals surface area contributed by atoms with Gasteiger partial charge in [0.15, 0.2) is 0 Å². The summed E-state index contributed by atoms with van der Waals surface area (Å²) in [6.07, 6.45) is 1.11. The van der Waals surface area contributed by atoms with Gasteiger partial charge in [0.1, 0.15) is 0 Å². The molecule has 0 fully saturated rings. The van der Waals surface area contributed by atoms with Crippen LogP contribution in [-0.4, -0.2) is 50.8 Å². The summed E-state index contributed by atoms with van der Waals surface area (Å²) in [4.78, 5) is 2.34. The molecule has 0 aliphatic rings. The Morgan fingerprint density at radius 2 is 2.00 bits per heavy atom. The van der Waals surface area contributed by atoms with E-state index in [1.54, 1.807) is 0 Å². The fourth-order valence-electron chi connectivity index (χ4n) is 1.08. The smallest absolute Gasteiger partial charge is 0.0477 e. The van der Waals surface area contributed by atoms with Crippen LogP contribution in [0.4, 0.5) is 0 Å². The third kappa shape index (κ3) is 8.48. The van der Waals surface area contributed by atoms with Crippen molar-refractivity contribution in [1.82, 2.24) is 10.2 Å². The lowest BCUT2D eigenvalue weighted by molar-refractivity contribution is 0.144. The van der Waals surface area contributed by atoms with Crippen molar-refractivity contribution in [3.05, 3.63) is 0 Å². The fraction of sp³-hybridized carbons (Fsp3) is 1.00. The zero-order valence-electron chi connectivity index (χ0n) is 10.2. The Hall–Kier alpha value is -0.120. The second kappa shape index (κ2) is 9.44. The van der Waals surface area contributed by atoms with E-state index in [-0.39, 0.29) is 0 Å². The second-order valence-electron chi connectivity index (χ2n) is 3.87. The lowest BCUT2D eigenvalue weighted by Gasteiger charge is -2.20. The first-order valence-electron chi connectivity index (χ1n) is 5.67. The number of hydrogen-bond acceptors (Lipinski definition) is 3. The zero-order valence-corrected chi connectivity index (χ0v) is 10.2. The third-order valence-corrected chi connectivity index (χ3v) is 2.37. The number of likely N-dealkylation sites (N-methyl/N-ethyl adjacent to an activating group) is 1. The highest BCUT2D eigenvalue weighted by Gasteiger charge is 2.00. The Bertz CT molecular complexity index is 118. The van der Waals surface area contributed by atoms with Crippen LogP contribution in [0.15, 0.2) is 0 Å². The minimum absolute atomic E-state index is 0.639. The van der Waals surface area contributed by atoms with Gasteiger partial charge < -0.3 is 15.0 Å². The maximum absolute atomic E-state index is 5.25. The van der Waals surface area contributed by atoms with Crippen molar-refractivity contribution in [2.75, 3.05) is 39.9 Å². The quantitative estimate of drug-likeness (QED) is 0.571. The first-order valence-corrected chi connectivity index (χ1v) is 5.67. The molecule has 3 heteroatoms. The van der Waals surface area contributed by atoms with Crippen LogP contribution in [0.3, 0.4) is 0 Å². The highest BCUT2D eigenvalue weighted by Crippen LogP contribution is 1.90. The molecule has 0 saturated carbocycles. The molecule has 0 aromatic heterocycles. The van der Waals surface area contributed by atoms with Crippen molar-refractivity contribution in [3.63, 3.8) is 0 Å². The Kier molecular flexibility index (Phi) is 9.35. The van der Waals surface area contributed by atoms with Crippen LogP contribution in [-0.2, 0) is 4.74 Å². The van der Waals surface area contributed by atoms with Gasteiger partial charge in [-0.25, -0.2) is 0 Å². The number of nitrogens with one attached hydrogen (secondary N) is 1. The standard InChI is InChI=1S/C11H26N2O/c1-5-14-10-6-7-12-8-9-13(4)11(2)3/h11-12H,5-10H2,1-4H3. The van der Waals surface area contributed by atoms with Gasteiger partial charge in [-0.3, -0.25) is 0 Å². The highest BCUT2D eigenvalue weighted by atomic mass is 16.5. The van der Waals surface area contributed by atoms with Gasteiger partial charge in [-0.1, -0.05) is 0 Å². The summed E-state index contributed by atoms with van der Waals surface area (Å²) in [7, 11) is 2.16. The molecule has 1 N–H and O–H groups in total. The molecule has 0 aromatic carbocycles. The normalized spacial score (nSPS) is 11.6. The number of ether oxygens (including phenoxy) is 1. The third-order valence-electron chi connectivity index (χ3n) is 2.37. The van der Waals surface area contributed by atoms with E-state index < -0.39 is 0 Å². The van der Waals surface area contributed by atoms with Crippen LogP contribution < -0.4 is 5.32 Å². The minimum Gasteiger partial charge on any atom is -0.382 e. The van der Waals surface area contributed by atoms with Crippen LogP contribution in [0.25, 0.3) is 0 Å². The van der Waals surface area contributed by atoms with Gasteiger partial charge in [-0.2, -0.15) is 0 Å². The SMILES string of the molecule is CCOCCCNCCN(C)C(C)C. The van der Waals surface area contributed by atoms with Gasteiger partial charge in [0, 0.05) is 32.3 Å². The largest absolute Gasteiger partial charge is 0.382 e. The molecule has 0 rings (SSSR count). The van der Waals surface area contributed by atoms with Crippen molar-refractivity contribution < 1.29 is 4.74 Å². The molecule has 0 bridgehead atoms. The highest BCUT2D eigenvalue weighted by molar-refractivity contribution is 4.58. The van der Waals surface area contributed by atoms with Crippen LogP contribution >= 0.6 is 0 Å². The van der Waals surface area contributed by atoms with Crippen molar-refractivity contribution >= 4 is 0 Å². The van der Waals surface area contributed by atoms with Crippen molar-refractivity contribution in [2.24, 2.45) is 0 Å². The summed E-state index contributed by atoms with van der Waals surface area (Å²) in [6, 6.07) is 0.639. The second-order valence-corrected chi connectivity index (χ2v) is 3.87. The molecule has 0 amide bonds.